The van der Waals surface area contributed by atoms with Gasteiger partial charge in [-0.3, -0.25) is 0 Å². The fraction of sp³-hybridized carbons (Fsp3) is 0.400. The molecule has 0 amide bonds. The van der Waals surface area contributed by atoms with Gasteiger partial charge in [-0.15, -0.1) is 0 Å². The fourth-order valence-corrected chi connectivity index (χ4v) is 1.52. The van der Waals surface area contributed by atoms with Gasteiger partial charge in [-0.05, 0) is 30.5 Å². The lowest BCUT2D eigenvalue weighted by Crippen LogP contribution is -1.90. The fourth-order valence-electron chi connectivity index (χ4n) is 1.52. The van der Waals surface area contributed by atoms with E-state index in [9.17, 15) is 0 Å². The topological polar surface area (TPSA) is 12.0 Å². The van der Waals surface area contributed by atoms with Gasteiger partial charge in [-0.2, -0.15) is 0 Å². The van der Waals surface area contributed by atoms with Gasteiger partial charge in [0, 0.05) is 12.2 Å². The summed E-state index contributed by atoms with van der Waals surface area (Å²) >= 11 is 0. The number of rotatable bonds is 0. The van der Waals surface area contributed by atoms with Crippen LogP contribution in [0.5, 0.6) is 0 Å². The van der Waals surface area contributed by atoms with Crippen LogP contribution >= 0.6 is 0 Å². The van der Waals surface area contributed by atoms with Crippen LogP contribution in [0, 0.1) is 6.92 Å². The highest BCUT2D eigenvalue weighted by atomic mass is 14.9. The van der Waals surface area contributed by atoms with E-state index in [1.54, 1.807) is 0 Å². The van der Waals surface area contributed by atoms with Gasteiger partial charge in [0.15, 0.2) is 0 Å². The molecular formula is C10H14BN. The first-order chi connectivity index (χ1) is 5.88. The van der Waals surface area contributed by atoms with E-state index in [0.717, 1.165) is 6.54 Å². The van der Waals surface area contributed by atoms with Gasteiger partial charge in [-0.25, -0.2) is 0 Å². The Morgan fingerprint density at radius 1 is 1.33 bits per heavy atom. The highest BCUT2D eigenvalue weighted by Gasteiger charge is 2.09. The quantitative estimate of drug-likeness (QED) is 0.572. The van der Waals surface area contributed by atoms with E-state index in [2.05, 4.69) is 38.3 Å². The minimum Gasteiger partial charge on any atom is -0.384 e. The van der Waals surface area contributed by atoms with Crippen LogP contribution in [0.4, 0.5) is 5.69 Å². The summed E-state index contributed by atoms with van der Waals surface area (Å²) in [5.74, 6) is 0. The molecule has 0 unspecified atom stereocenters. The molecule has 0 saturated heterocycles. The second-order valence-corrected chi connectivity index (χ2v) is 2.78. The molecule has 12 heavy (non-hydrogen) atoms. The van der Waals surface area contributed by atoms with Gasteiger partial charge in [0.25, 0.3) is 0 Å². The average molecular weight is 159 g/mol. The van der Waals surface area contributed by atoms with E-state index in [4.69, 9.17) is 0 Å². The standard InChI is InChI=1S/C9H11N.CH3B/c1-7-3-2-4-9-8(7)5-6-10-9;1-2/h2-4,10H,5-6H2,1H3;1H3. The Balaban J connectivity index is 0.000000336. The molecule has 2 rings (SSSR count). The molecular weight excluding hydrogens is 145 g/mol. The van der Waals surface area contributed by atoms with Crippen LogP contribution in [0.25, 0.3) is 0 Å². The van der Waals surface area contributed by atoms with Gasteiger partial charge in [-0.1, -0.05) is 19.0 Å². The van der Waals surface area contributed by atoms with Crippen molar-refractivity contribution in [2.75, 3.05) is 11.9 Å². The van der Waals surface area contributed by atoms with Crippen LogP contribution in [-0.4, -0.2) is 14.4 Å². The van der Waals surface area contributed by atoms with Gasteiger partial charge in [0.2, 0.25) is 0 Å². The molecule has 1 aromatic carbocycles. The molecule has 2 radical (unpaired) electrons. The number of benzene rings is 1. The average Bonchev–Trinajstić information content (AvgIpc) is 2.57. The molecule has 0 atom stereocenters. The summed E-state index contributed by atoms with van der Waals surface area (Å²) < 4.78 is 0. The maximum Gasteiger partial charge on any atom is 0.0606 e. The number of anilines is 1. The SMILES string of the molecule is Cc1cccc2c1CCN2.[B]C. The minimum absolute atomic E-state index is 1.11. The normalized spacial score (nSPS) is 12.5. The summed E-state index contributed by atoms with van der Waals surface area (Å²) in [5.41, 5.74) is 4.25. The number of fused-ring (bicyclic) bond motifs is 1. The van der Waals surface area contributed by atoms with Crippen molar-refractivity contribution in [3.05, 3.63) is 29.3 Å². The first-order valence-electron chi connectivity index (χ1n) is 4.28. The molecule has 1 aliphatic heterocycles. The predicted molar refractivity (Wildman–Crippen MR) is 55.0 cm³/mol. The number of hydrogen-bond acceptors (Lipinski definition) is 1. The first-order valence-corrected chi connectivity index (χ1v) is 4.28. The molecule has 0 saturated carbocycles. The highest BCUT2D eigenvalue weighted by Crippen LogP contribution is 2.24. The van der Waals surface area contributed by atoms with Gasteiger partial charge in [0.05, 0.1) is 7.85 Å². The largest absolute Gasteiger partial charge is 0.384 e. The summed E-state index contributed by atoms with van der Waals surface area (Å²) in [6.07, 6.45) is 1.20. The zero-order chi connectivity index (χ0) is 8.97. The third kappa shape index (κ3) is 1.63. The van der Waals surface area contributed by atoms with E-state index in [-0.39, 0.29) is 0 Å². The number of aryl methyl sites for hydroxylation is 1. The Morgan fingerprint density at radius 3 is 2.75 bits per heavy atom. The molecule has 1 N–H and O–H groups in total. The Morgan fingerprint density at radius 2 is 2.08 bits per heavy atom. The summed E-state index contributed by atoms with van der Waals surface area (Å²) in [5, 5.41) is 3.34. The lowest BCUT2D eigenvalue weighted by atomic mass is 10.1. The zero-order valence-corrected chi connectivity index (χ0v) is 7.72. The molecule has 1 aromatic rings. The van der Waals surface area contributed by atoms with Crippen molar-refractivity contribution in [2.24, 2.45) is 0 Å². The van der Waals surface area contributed by atoms with Crippen molar-refractivity contribution in [2.45, 2.75) is 20.2 Å². The van der Waals surface area contributed by atoms with Crippen LogP contribution in [0.2, 0.25) is 6.82 Å². The molecule has 0 spiro atoms. The van der Waals surface area contributed by atoms with Crippen molar-refractivity contribution >= 4 is 13.5 Å². The molecule has 0 bridgehead atoms. The second-order valence-electron chi connectivity index (χ2n) is 2.78. The van der Waals surface area contributed by atoms with Gasteiger partial charge >= 0.3 is 0 Å². The molecule has 0 fully saturated rings. The van der Waals surface area contributed by atoms with Crippen LogP contribution in [-0.2, 0) is 6.42 Å². The third-order valence-corrected chi connectivity index (χ3v) is 2.10. The molecule has 1 heterocycles. The van der Waals surface area contributed by atoms with Gasteiger partial charge in [0.1, 0.15) is 0 Å². The Bertz CT molecular complexity index is 258. The summed E-state index contributed by atoms with van der Waals surface area (Å²) in [7, 11) is 4.50. The Kier molecular flexibility index (Phi) is 3.21. The predicted octanol–water partition coefficient (Wildman–Crippen LogP) is 2.17. The van der Waals surface area contributed by atoms with Crippen molar-refractivity contribution in [3.8, 4) is 0 Å². The minimum atomic E-state index is 1.11. The monoisotopic (exact) mass is 159 g/mol. The van der Waals surface area contributed by atoms with E-state index in [0.29, 0.717) is 0 Å². The maximum absolute atomic E-state index is 4.50. The number of hydrogen-bond donors (Lipinski definition) is 1. The molecule has 2 heteroatoms. The first kappa shape index (κ1) is 9.18. The molecule has 0 aliphatic carbocycles. The molecule has 62 valence electrons. The third-order valence-electron chi connectivity index (χ3n) is 2.10. The smallest absolute Gasteiger partial charge is 0.0606 e. The zero-order valence-electron chi connectivity index (χ0n) is 7.72. The van der Waals surface area contributed by atoms with Crippen LogP contribution in [0.1, 0.15) is 11.1 Å². The van der Waals surface area contributed by atoms with Crippen molar-refractivity contribution in [1.29, 1.82) is 0 Å². The van der Waals surface area contributed by atoms with Crippen LogP contribution in [0.15, 0.2) is 18.2 Å². The van der Waals surface area contributed by atoms with E-state index < -0.39 is 0 Å². The van der Waals surface area contributed by atoms with Crippen molar-refractivity contribution < 1.29 is 0 Å². The van der Waals surface area contributed by atoms with Crippen molar-refractivity contribution in [3.63, 3.8) is 0 Å². The maximum atomic E-state index is 4.50. The summed E-state index contributed by atoms with van der Waals surface area (Å²) in [6.45, 7) is 4.78. The van der Waals surface area contributed by atoms with Crippen molar-refractivity contribution in [1.82, 2.24) is 0 Å². The highest BCUT2D eigenvalue weighted by molar-refractivity contribution is 6.05. The summed E-state index contributed by atoms with van der Waals surface area (Å²) in [4.78, 5) is 0. The molecule has 1 nitrogen and oxygen atoms in total. The molecule has 0 aromatic heterocycles. The van der Waals surface area contributed by atoms with E-state index in [1.807, 2.05) is 0 Å². The lowest BCUT2D eigenvalue weighted by molar-refractivity contribution is 1.09. The van der Waals surface area contributed by atoms with E-state index in [1.165, 1.54) is 30.1 Å². The Labute approximate surface area is 75.6 Å². The summed E-state index contributed by atoms with van der Waals surface area (Å²) in [6, 6.07) is 6.42. The molecule has 1 aliphatic rings. The van der Waals surface area contributed by atoms with E-state index >= 15 is 0 Å². The lowest BCUT2D eigenvalue weighted by Gasteiger charge is -2.00. The number of nitrogens with one attached hydrogen (secondary N) is 1. The van der Waals surface area contributed by atoms with Crippen LogP contribution in [0.3, 0.4) is 0 Å². The van der Waals surface area contributed by atoms with Crippen LogP contribution < -0.4 is 5.32 Å². The van der Waals surface area contributed by atoms with Gasteiger partial charge < -0.3 is 5.32 Å². The Hall–Kier alpha value is -0.915. The second kappa shape index (κ2) is 4.20.